The summed E-state index contributed by atoms with van der Waals surface area (Å²) in [7, 11) is 0. The highest BCUT2D eigenvalue weighted by Crippen LogP contribution is 2.20. The van der Waals surface area contributed by atoms with E-state index in [4.69, 9.17) is 4.74 Å². The SMILES string of the molecule is CC.CCc1ccc2c(c1)NCCCOC2. The van der Waals surface area contributed by atoms with E-state index in [2.05, 4.69) is 30.4 Å². The van der Waals surface area contributed by atoms with Crippen molar-refractivity contribution in [3.63, 3.8) is 0 Å². The van der Waals surface area contributed by atoms with Crippen LogP contribution in [0.5, 0.6) is 0 Å². The molecule has 1 aromatic carbocycles. The highest BCUT2D eigenvalue weighted by molar-refractivity contribution is 5.53. The maximum Gasteiger partial charge on any atom is 0.0736 e. The number of nitrogens with one attached hydrogen (secondary N) is 1. The maximum atomic E-state index is 5.53. The molecule has 0 spiro atoms. The molecule has 2 nitrogen and oxygen atoms in total. The molecule has 0 saturated heterocycles. The van der Waals surface area contributed by atoms with Crippen molar-refractivity contribution in [2.45, 2.75) is 40.2 Å². The van der Waals surface area contributed by atoms with E-state index < -0.39 is 0 Å². The molecule has 0 amide bonds. The van der Waals surface area contributed by atoms with E-state index in [1.54, 1.807) is 0 Å². The van der Waals surface area contributed by atoms with Crippen LogP contribution in [0.25, 0.3) is 0 Å². The number of anilines is 1. The second kappa shape index (κ2) is 7.29. The van der Waals surface area contributed by atoms with Gasteiger partial charge in [-0.1, -0.05) is 32.9 Å². The summed E-state index contributed by atoms with van der Waals surface area (Å²) in [4.78, 5) is 0. The molecule has 0 aliphatic carbocycles. The fourth-order valence-electron chi connectivity index (χ4n) is 1.71. The number of aryl methyl sites for hydroxylation is 1. The Bertz CT molecular complexity index is 310. The molecule has 0 saturated carbocycles. The number of benzene rings is 1. The molecule has 1 aliphatic rings. The van der Waals surface area contributed by atoms with Gasteiger partial charge in [-0.15, -0.1) is 0 Å². The standard InChI is InChI=1S/C12H17NO.C2H6/c1-2-10-4-5-11-9-14-7-3-6-13-12(11)8-10;1-2/h4-5,8,13H,2-3,6-7,9H2,1H3;1-2H3. The molecule has 90 valence electrons. The summed E-state index contributed by atoms with van der Waals surface area (Å²) >= 11 is 0. The zero-order valence-corrected chi connectivity index (χ0v) is 10.7. The van der Waals surface area contributed by atoms with Gasteiger partial charge in [0, 0.05) is 24.4 Å². The zero-order valence-electron chi connectivity index (χ0n) is 10.7. The molecule has 2 rings (SSSR count). The van der Waals surface area contributed by atoms with Crippen LogP contribution in [0.1, 0.15) is 38.3 Å². The highest BCUT2D eigenvalue weighted by atomic mass is 16.5. The van der Waals surface area contributed by atoms with Gasteiger partial charge in [-0.05, 0) is 24.5 Å². The van der Waals surface area contributed by atoms with Crippen LogP contribution in [0.4, 0.5) is 5.69 Å². The molecule has 2 heteroatoms. The number of hydrogen-bond donors (Lipinski definition) is 1. The predicted molar refractivity (Wildman–Crippen MR) is 69.9 cm³/mol. The molecule has 1 aliphatic heterocycles. The number of hydrogen-bond acceptors (Lipinski definition) is 2. The zero-order chi connectivity index (χ0) is 11.8. The van der Waals surface area contributed by atoms with E-state index >= 15 is 0 Å². The van der Waals surface area contributed by atoms with Crippen molar-refractivity contribution in [2.24, 2.45) is 0 Å². The number of rotatable bonds is 1. The van der Waals surface area contributed by atoms with Gasteiger partial charge in [-0.3, -0.25) is 0 Å². The minimum absolute atomic E-state index is 0.742. The molecule has 0 aromatic heterocycles. The minimum atomic E-state index is 0.742. The first-order valence-electron chi connectivity index (χ1n) is 6.33. The summed E-state index contributed by atoms with van der Waals surface area (Å²) in [6.45, 7) is 8.80. The first-order chi connectivity index (χ1) is 7.90. The Morgan fingerprint density at radius 3 is 2.88 bits per heavy atom. The maximum absolute atomic E-state index is 5.53. The first kappa shape index (κ1) is 13.0. The molecule has 0 unspecified atom stereocenters. The van der Waals surface area contributed by atoms with Crippen LogP contribution < -0.4 is 5.32 Å². The third-order valence-corrected chi connectivity index (χ3v) is 2.62. The van der Waals surface area contributed by atoms with Crippen LogP contribution in [0.3, 0.4) is 0 Å². The van der Waals surface area contributed by atoms with E-state index in [1.165, 1.54) is 16.8 Å². The summed E-state index contributed by atoms with van der Waals surface area (Å²) in [5, 5.41) is 3.46. The molecule has 0 bridgehead atoms. The fourth-order valence-corrected chi connectivity index (χ4v) is 1.71. The molecule has 0 atom stereocenters. The van der Waals surface area contributed by atoms with Crippen LogP contribution in [-0.2, 0) is 17.8 Å². The van der Waals surface area contributed by atoms with Crippen molar-refractivity contribution in [3.8, 4) is 0 Å². The van der Waals surface area contributed by atoms with Gasteiger partial charge in [0.25, 0.3) is 0 Å². The molecular weight excluding hydrogens is 198 g/mol. The van der Waals surface area contributed by atoms with Gasteiger partial charge in [0.1, 0.15) is 0 Å². The summed E-state index contributed by atoms with van der Waals surface area (Å²) < 4.78 is 5.53. The molecule has 16 heavy (non-hydrogen) atoms. The normalized spacial score (nSPS) is 14.7. The highest BCUT2D eigenvalue weighted by Gasteiger charge is 2.06. The lowest BCUT2D eigenvalue weighted by atomic mass is 10.1. The number of ether oxygens (including phenoxy) is 1. The molecule has 0 fully saturated rings. The fraction of sp³-hybridized carbons (Fsp3) is 0.571. The van der Waals surface area contributed by atoms with Gasteiger partial charge in [-0.25, -0.2) is 0 Å². The van der Waals surface area contributed by atoms with Crippen molar-refractivity contribution in [1.82, 2.24) is 0 Å². The first-order valence-corrected chi connectivity index (χ1v) is 6.33. The van der Waals surface area contributed by atoms with Gasteiger partial charge in [0.05, 0.1) is 6.61 Å². The lowest BCUT2D eigenvalue weighted by Crippen LogP contribution is -2.12. The van der Waals surface area contributed by atoms with Crippen molar-refractivity contribution >= 4 is 5.69 Å². The Balaban J connectivity index is 0.000000606. The number of fused-ring (bicyclic) bond motifs is 1. The molecule has 1 heterocycles. The van der Waals surface area contributed by atoms with Crippen molar-refractivity contribution in [1.29, 1.82) is 0 Å². The monoisotopic (exact) mass is 221 g/mol. The van der Waals surface area contributed by atoms with Gasteiger partial charge >= 0.3 is 0 Å². The Labute approximate surface area is 99.0 Å². The summed E-state index contributed by atoms with van der Waals surface area (Å²) in [6, 6.07) is 6.60. The lowest BCUT2D eigenvalue weighted by molar-refractivity contribution is 0.119. The molecule has 0 radical (unpaired) electrons. The van der Waals surface area contributed by atoms with Crippen LogP contribution >= 0.6 is 0 Å². The van der Waals surface area contributed by atoms with Gasteiger partial charge in [0.2, 0.25) is 0 Å². The van der Waals surface area contributed by atoms with Gasteiger partial charge in [-0.2, -0.15) is 0 Å². The second-order valence-corrected chi connectivity index (χ2v) is 3.68. The van der Waals surface area contributed by atoms with E-state index in [0.717, 1.165) is 32.6 Å². The largest absolute Gasteiger partial charge is 0.385 e. The third kappa shape index (κ3) is 3.53. The van der Waals surface area contributed by atoms with E-state index in [1.807, 2.05) is 13.8 Å². The quantitative estimate of drug-likeness (QED) is 0.782. The van der Waals surface area contributed by atoms with E-state index in [9.17, 15) is 0 Å². The van der Waals surface area contributed by atoms with E-state index in [0.29, 0.717) is 0 Å². The average Bonchev–Trinajstić information content (AvgIpc) is 2.32. The summed E-state index contributed by atoms with van der Waals surface area (Å²) in [5.41, 5.74) is 3.92. The smallest absolute Gasteiger partial charge is 0.0736 e. The Morgan fingerprint density at radius 1 is 1.31 bits per heavy atom. The van der Waals surface area contributed by atoms with Crippen LogP contribution in [0.15, 0.2) is 18.2 Å². The van der Waals surface area contributed by atoms with Crippen LogP contribution in [0.2, 0.25) is 0 Å². The Hall–Kier alpha value is -1.02. The van der Waals surface area contributed by atoms with Crippen LogP contribution in [-0.4, -0.2) is 13.2 Å². The van der Waals surface area contributed by atoms with Gasteiger partial charge in [0.15, 0.2) is 0 Å². The molecule has 1 N–H and O–H groups in total. The average molecular weight is 221 g/mol. The summed E-state index contributed by atoms with van der Waals surface area (Å²) in [6.07, 6.45) is 2.19. The van der Waals surface area contributed by atoms with Crippen LogP contribution in [0, 0.1) is 0 Å². The lowest BCUT2D eigenvalue weighted by Gasteiger charge is -2.17. The van der Waals surface area contributed by atoms with E-state index in [-0.39, 0.29) is 0 Å². The Morgan fingerprint density at radius 2 is 2.12 bits per heavy atom. The Kier molecular flexibility index (Phi) is 5.94. The van der Waals surface area contributed by atoms with Crippen molar-refractivity contribution in [2.75, 3.05) is 18.5 Å². The predicted octanol–water partition coefficient (Wildman–Crippen LogP) is 3.61. The van der Waals surface area contributed by atoms with Crippen molar-refractivity contribution < 1.29 is 4.74 Å². The van der Waals surface area contributed by atoms with Gasteiger partial charge < -0.3 is 10.1 Å². The van der Waals surface area contributed by atoms with Crippen molar-refractivity contribution in [3.05, 3.63) is 29.3 Å². The topological polar surface area (TPSA) is 21.3 Å². The summed E-state index contributed by atoms with van der Waals surface area (Å²) in [5.74, 6) is 0. The minimum Gasteiger partial charge on any atom is -0.385 e. The second-order valence-electron chi connectivity index (χ2n) is 3.68. The third-order valence-electron chi connectivity index (χ3n) is 2.62. The molecular formula is C14H23NO. The molecule has 1 aromatic rings.